The van der Waals surface area contributed by atoms with Gasteiger partial charge < -0.3 is 26.2 Å². The Morgan fingerprint density at radius 3 is 2.77 bits per heavy atom. The van der Waals surface area contributed by atoms with Crippen molar-refractivity contribution in [3.05, 3.63) is 66.0 Å². The maximum absolute atomic E-state index is 12.4. The van der Waals surface area contributed by atoms with Crippen molar-refractivity contribution in [1.82, 2.24) is 15.5 Å². The van der Waals surface area contributed by atoms with Gasteiger partial charge in [0.05, 0.1) is 18.5 Å². The molecule has 6 N–H and O–H groups in total. The number of anilines is 1. The van der Waals surface area contributed by atoms with Crippen molar-refractivity contribution >= 4 is 17.6 Å². The minimum atomic E-state index is -0.524. The Balaban J connectivity index is 1.68. The quantitative estimate of drug-likeness (QED) is 0.345. The molecule has 2 aromatic carbocycles. The number of aliphatic hydroxyl groups is 1. The van der Waals surface area contributed by atoms with Gasteiger partial charge in [-0.2, -0.15) is 5.10 Å². The van der Waals surface area contributed by atoms with E-state index in [2.05, 4.69) is 20.8 Å². The molecule has 0 atom stereocenters. The zero-order chi connectivity index (χ0) is 21.3. The van der Waals surface area contributed by atoms with Crippen LogP contribution in [0, 0.1) is 0 Å². The highest BCUT2D eigenvalue weighted by molar-refractivity contribution is 5.93. The van der Waals surface area contributed by atoms with Gasteiger partial charge in [0.1, 0.15) is 5.75 Å². The summed E-state index contributed by atoms with van der Waals surface area (Å²) >= 11 is 0. The number of aromatic amines is 1. The number of hydrogen-bond acceptors (Lipinski definition) is 5. The number of nitrogens with two attached hydrogens (primary N) is 1. The molecule has 0 aliphatic carbocycles. The monoisotopic (exact) mass is 409 g/mol. The number of amides is 3. The first-order chi connectivity index (χ1) is 14.6. The number of ether oxygens (including phenoxy) is 1. The molecular formula is C21H23N5O4. The molecule has 0 aliphatic rings. The molecule has 0 aliphatic heterocycles. The van der Waals surface area contributed by atoms with Gasteiger partial charge in [0.2, 0.25) is 5.91 Å². The number of benzene rings is 2. The van der Waals surface area contributed by atoms with Crippen molar-refractivity contribution in [2.45, 2.75) is 13.0 Å². The number of hydrogen-bond donors (Lipinski definition) is 5. The Hall–Kier alpha value is -3.85. The van der Waals surface area contributed by atoms with E-state index in [1.165, 1.54) is 0 Å². The molecule has 0 unspecified atom stereocenters. The molecule has 0 radical (unpaired) electrons. The number of rotatable bonds is 9. The van der Waals surface area contributed by atoms with Crippen LogP contribution in [0.2, 0.25) is 0 Å². The van der Waals surface area contributed by atoms with Crippen molar-refractivity contribution in [3.8, 4) is 16.9 Å². The first kappa shape index (κ1) is 20.9. The van der Waals surface area contributed by atoms with E-state index < -0.39 is 11.9 Å². The van der Waals surface area contributed by atoms with Crippen molar-refractivity contribution in [2.75, 3.05) is 18.5 Å². The molecule has 0 saturated carbocycles. The van der Waals surface area contributed by atoms with Crippen LogP contribution in [0.15, 0.2) is 54.9 Å². The standard InChI is InChI=1S/C21H23N5O4/c22-20(28)16-4-1-3-14(9-16)11-23-21(29)26-18-6-5-15(17-12-24-25-13-17)10-19(18)30-8-2-7-27/h1,3-6,9-10,12-13,27H,2,7-8,11H2,(H2,22,28)(H,24,25)(H2,23,26,29). The fourth-order valence-corrected chi connectivity index (χ4v) is 2.76. The van der Waals surface area contributed by atoms with E-state index in [1.807, 2.05) is 6.07 Å². The van der Waals surface area contributed by atoms with Gasteiger partial charge in [0.15, 0.2) is 0 Å². The van der Waals surface area contributed by atoms with Crippen LogP contribution < -0.4 is 21.1 Å². The third kappa shape index (κ3) is 5.58. The minimum Gasteiger partial charge on any atom is -0.491 e. The predicted octanol–water partition coefficient (Wildman–Crippen LogP) is 2.26. The SMILES string of the molecule is NC(=O)c1cccc(CNC(=O)Nc2ccc(-c3cn[nH]c3)cc2OCCCO)c1. The van der Waals surface area contributed by atoms with Gasteiger partial charge in [0.25, 0.3) is 0 Å². The molecule has 0 fully saturated rings. The fourth-order valence-electron chi connectivity index (χ4n) is 2.76. The zero-order valence-corrected chi connectivity index (χ0v) is 16.2. The Bertz CT molecular complexity index is 1000. The number of nitrogens with zero attached hydrogens (tertiary/aromatic N) is 1. The summed E-state index contributed by atoms with van der Waals surface area (Å²) in [6.07, 6.45) is 3.91. The first-order valence-corrected chi connectivity index (χ1v) is 9.37. The van der Waals surface area contributed by atoms with Crippen molar-refractivity contribution in [3.63, 3.8) is 0 Å². The van der Waals surface area contributed by atoms with Gasteiger partial charge in [-0.05, 0) is 35.4 Å². The van der Waals surface area contributed by atoms with E-state index in [9.17, 15) is 9.59 Å². The van der Waals surface area contributed by atoms with E-state index in [0.717, 1.165) is 16.7 Å². The summed E-state index contributed by atoms with van der Waals surface area (Å²) in [5, 5.41) is 21.2. The van der Waals surface area contributed by atoms with Gasteiger partial charge in [-0.3, -0.25) is 9.89 Å². The highest BCUT2D eigenvalue weighted by Gasteiger charge is 2.11. The van der Waals surface area contributed by atoms with Gasteiger partial charge in [-0.25, -0.2) is 4.79 Å². The summed E-state index contributed by atoms with van der Waals surface area (Å²) in [4.78, 5) is 23.7. The second-order valence-electron chi connectivity index (χ2n) is 6.50. The lowest BCUT2D eigenvalue weighted by Gasteiger charge is -2.14. The van der Waals surface area contributed by atoms with Gasteiger partial charge in [-0.1, -0.05) is 18.2 Å². The van der Waals surface area contributed by atoms with E-state index >= 15 is 0 Å². The average Bonchev–Trinajstić information content (AvgIpc) is 3.28. The van der Waals surface area contributed by atoms with Gasteiger partial charge in [-0.15, -0.1) is 0 Å². The fraction of sp³-hybridized carbons (Fsp3) is 0.190. The molecular weight excluding hydrogens is 386 g/mol. The molecule has 156 valence electrons. The van der Waals surface area contributed by atoms with Gasteiger partial charge in [0, 0.05) is 36.9 Å². The van der Waals surface area contributed by atoms with Crippen LogP contribution in [-0.4, -0.2) is 40.5 Å². The maximum atomic E-state index is 12.4. The van der Waals surface area contributed by atoms with E-state index in [-0.39, 0.29) is 13.2 Å². The molecule has 1 heterocycles. The van der Waals surface area contributed by atoms with E-state index in [1.54, 1.807) is 48.8 Å². The highest BCUT2D eigenvalue weighted by Crippen LogP contribution is 2.30. The minimum absolute atomic E-state index is 0.00896. The molecule has 0 spiro atoms. The Morgan fingerprint density at radius 1 is 1.17 bits per heavy atom. The molecule has 3 amide bonds. The second-order valence-corrected chi connectivity index (χ2v) is 6.50. The third-order valence-corrected chi connectivity index (χ3v) is 4.29. The van der Waals surface area contributed by atoms with Crippen LogP contribution in [-0.2, 0) is 6.54 Å². The molecule has 3 rings (SSSR count). The third-order valence-electron chi connectivity index (χ3n) is 4.29. The number of nitrogens with one attached hydrogen (secondary N) is 3. The number of urea groups is 1. The van der Waals surface area contributed by atoms with Crippen LogP contribution in [0.3, 0.4) is 0 Å². The molecule has 9 heteroatoms. The number of aromatic nitrogens is 2. The van der Waals surface area contributed by atoms with Gasteiger partial charge >= 0.3 is 6.03 Å². The van der Waals surface area contributed by atoms with Crippen molar-refractivity contribution < 1.29 is 19.4 Å². The first-order valence-electron chi connectivity index (χ1n) is 9.37. The number of primary amides is 1. The zero-order valence-electron chi connectivity index (χ0n) is 16.2. The summed E-state index contributed by atoms with van der Waals surface area (Å²) in [5.74, 6) is -0.0447. The molecule has 1 aromatic heterocycles. The summed E-state index contributed by atoms with van der Waals surface area (Å²) in [6.45, 7) is 0.539. The molecule has 9 nitrogen and oxygen atoms in total. The molecule has 0 saturated heterocycles. The highest BCUT2D eigenvalue weighted by atomic mass is 16.5. The maximum Gasteiger partial charge on any atom is 0.319 e. The summed E-state index contributed by atoms with van der Waals surface area (Å²) in [6, 6.07) is 11.7. The summed E-state index contributed by atoms with van der Waals surface area (Å²) in [7, 11) is 0. The lowest BCUT2D eigenvalue weighted by Crippen LogP contribution is -2.28. The lowest BCUT2D eigenvalue weighted by molar-refractivity contribution is 0.1000. The summed E-state index contributed by atoms with van der Waals surface area (Å²) in [5.41, 5.74) is 8.65. The lowest BCUT2D eigenvalue weighted by atomic mass is 10.1. The van der Waals surface area contributed by atoms with Crippen molar-refractivity contribution in [1.29, 1.82) is 0 Å². The largest absolute Gasteiger partial charge is 0.491 e. The van der Waals surface area contributed by atoms with Crippen LogP contribution in [0.4, 0.5) is 10.5 Å². The van der Waals surface area contributed by atoms with Crippen LogP contribution in [0.1, 0.15) is 22.3 Å². The number of H-pyrrole nitrogens is 1. The number of carbonyl (C=O) groups excluding carboxylic acids is 2. The normalized spacial score (nSPS) is 10.4. The molecule has 0 bridgehead atoms. The van der Waals surface area contributed by atoms with E-state index in [0.29, 0.717) is 30.0 Å². The smallest absolute Gasteiger partial charge is 0.319 e. The number of carbonyl (C=O) groups is 2. The Kier molecular flexibility index (Phi) is 7.01. The van der Waals surface area contributed by atoms with Crippen molar-refractivity contribution in [2.24, 2.45) is 5.73 Å². The Labute approximate surface area is 173 Å². The topological polar surface area (TPSA) is 142 Å². The average molecular weight is 409 g/mol. The summed E-state index contributed by atoms with van der Waals surface area (Å²) < 4.78 is 5.74. The number of aliphatic hydroxyl groups excluding tert-OH is 1. The molecule has 3 aromatic rings. The molecule has 30 heavy (non-hydrogen) atoms. The van der Waals surface area contributed by atoms with E-state index in [4.69, 9.17) is 15.6 Å². The predicted molar refractivity (Wildman–Crippen MR) is 112 cm³/mol. The second kappa shape index (κ2) is 10.1. The Morgan fingerprint density at radius 2 is 2.03 bits per heavy atom. The van der Waals surface area contributed by atoms with Crippen LogP contribution in [0.5, 0.6) is 5.75 Å². The van der Waals surface area contributed by atoms with Crippen LogP contribution in [0.25, 0.3) is 11.1 Å². The van der Waals surface area contributed by atoms with Crippen LogP contribution >= 0.6 is 0 Å².